The molecule has 0 bridgehead atoms. The van der Waals surface area contributed by atoms with Crippen molar-refractivity contribution < 1.29 is 0 Å². The number of hydrogen-bond acceptors (Lipinski definition) is 0. The summed E-state index contributed by atoms with van der Waals surface area (Å²) in [5.74, 6) is 4.41. The second-order valence-electron chi connectivity index (χ2n) is 8.99. The first kappa shape index (κ1) is 12.7. The van der Waals surface area contributed by atoms with Gasteiger partial charge in [-0.2, -0.15) is 0 Å². The molecule has 0 radical (unpaired) electrons. The molecule has 0 heterocycles. The molecule has 4 aliphatic carbocycles. The van der Waals surface area contributed by atoms with Gasteiger partial charge >= 0.3 is 0 Å². The molecule has 108 valence electrons. The molecule has 0 heteroatoms. The fourth-order valence-electron chi connectivity index (χ4n) is 7.29. The fourth-order valence-corrected chi connectivity index (χ4v) is 7.29. The Balaban J connectivity index is 1.64. The van der Waals surface area contributed by atoms with E-state index in [-0.39, 0.29) is 0 Å². The molecule has 0 amide bonds. The molecule has 0 nitrogen and oxygen atoms in total. The van der Waals surface area contributed by atoms with Crippen LogP contribution in [0.3, 0.4) is 0 Å². The van der Waals surface area contributed by atoms with E-state index in [1.807, 2.05) is 0 Å². The maximum absolute atomic E-state index is 2.70. The fraction of sp³-hybridized carbons (Fsp3) is 1.00. The molecular weight excluding hydrogens is 228 g/mol. The zero-order chi connectivity index (χ0) is 13.1. The van der Waals surface area contributed by atoms with Crippen molar-refractivity contribution in [1.82, 2.24) is 0 Å². The first-order chi connectivity index (χ1) is 9.13. The van der Waals surface area contributed by atoms with E-state index in [4.69, 9.17) is 0 Å². The molecule has 0 aromatic rings. The lowest BCUT2D eigenvalue weighted by Gasteiger charge is -2.60. The first-order valence-electron chi connectivity index (χ1n) is 9.13. The van der Waals surface area contributed by atoms with Crippen molar-refractivity contribution in [3.8, 4) is 0 Å². The maximum atomic E-state index is 2.70. The molecule has 4 fully saturated rings. The van der Waals surface area contributed by atoms with Crippen LogP contribution in [0.2, 0.25) is 0 Å². The third-order valence-electron chi connectivity index (χ3n) is 8.36. The topological polar surface area (TPSA) is 0 Å². The van der Waals surface area contributed by atoms with E-state index in [0.29, 0.717) is 0 Å². The number of fused-ring (bicyclic) bond motifs is 5. The average molecular weight is 260 g/mol. The van der Waals surface area contributed by atoms with Gasteiger partial charge in [-0.25, -0.2) is 0 Å². The summed E-state index contributed by atoms with van der Waals surface area (Å²) in [4.78, 5) is 0. The van der Waals surface area contributed by atoms with Gasteiger partial charge in [0, 0.05) is 0 Å². The Labute approximate surface area is 119 Å². The molecule has 19 heavy (non-hydrogen) atoms. The van der Waals surface area contributed by atoms with E-state index in [2.05, 4.69) is 13.8 Å². The van der Waals surface area contributed by atoms with Crippen LogP contribution in [-0.2, 0) is 0 Å². The van der Waals surface area contributed by atoms with E-state index in [0.717, 1.165) is 34.5 Å². The highest BCUT2D eigenvalue weighted by Gasteiger charge is 2.56. The van der Waals surface area contributed by atoms with Gasteiger partial charge in [0.1, 0.15) is 0 Å². The monoisotopic (exact) mass is 260 g/mol. The lowest BCUT2D eigenvalue weighted by molar-refractivity contribution is -0.103. The normalized spacial score (nSPS) is 57.2. The average Bonchev–Trinajstić information content (AvgIpc) is 2.79. The standard InChI is InChI=1S/C19H32/c1-18-11-5-7-16(18)15-9-8-14-6-3-4-12-19(14,2)17(15)10-13-18/h14-17H,3-13H2,1-2H3/t14?,15?,16?,17?,18-,19?/m0/s1. The van der Waals surface area contributed by atoms with E-state index < -0.39 is 0 Å². The molecule has 0 spiro atoms. The molecule has 4 rings (SSSR count). The lowest BCUT2D eigenvalue weighted by Crippen LogP contribution is -2.51. The summed E-state index contributed by atoms with van der Waals surface area (Å²) < 4.78 is 0. The second-order valence-corrected chi connectivity index (χ2v) is 8.99. The smallest absolute Gasteiger partial charge is 0.0266 e. The van der Waals surface area contributed by atoms with Crippen LogP contribution >= 0.6 is 0 Å². The largest absolute Gasteiger partial charge is 0.0594 e. The van der Waals surface area contributed by atoms with Gasteiger partial charge in [0.25, 0.3) is 0 Å². The van der Waals surface area contributed by atoms with Crippen LogP contribution in [0.25, 0.3) is 0 Å². The highest BCUT2D eigenvalue weighted by molar-refractivity contribution is 5.06. The summed E-state index contributed by atoms with van der Waals surface area (Å²) in [6.45, 7) is 5.33. The van der Waals surface area contributed by atoms with Crippen molar-refractivity contribution in [3.05, 3.63) is 0 Å². The van der Waals surface area contributed by atoms with Crippen LogP contribution in [-0.4, -0.2) is 0 Å². The van der Waals surface area contributed by atoms with Gasteiger partial charge in [-0.1, -0.05) is 33.1 Å². The Kier molecular flexibility index (Phi) is 2.84. The maximum Gasteiger partial charge on any atom is -0.0266 e. The van der Waals surface area contributed by atoms with E-state index in [1.165, 1.54) is 19.3 Å². The zero-order valence-corrected chi connectivity index (χ0v) is 13.1. The molecule has 0 aromatic carbocycles. The Bertz CT molecular complexity index is 359. The van der Waals surface area contributed by atoms with Crippen molar-refractivity contribution in [2.24, 2.45) is 34.5 Å². The van der Waals surface area contributed by atoms with Crippen LogP contribution in [0, 0.1) is 34.5 Å². The third kappa shape index (κ3) is 1.70. The van der Waals surface area contributed by atoms with E-state index in [9.17, 15) is 0 Å². The highest BCUT2D eigenvalue weighted by Crippen LogP contribution is 2.66. The first-order valence-corrected chi connectivity index (χ1v) is 9.13. The Morgan fingerprint density at radius 3 is 2.47 bits per heavy atom. The van der Waals surface area contributed by atoms with Crippen LogP contribution in [0.15, 0.2) is 0 Å². The van der Waals surface area contributed by atoms with E-state index >= 15 is 0 Å². The minimum Gasteiger partial charge on any atom is -0.0594 e. The van der Waals surface area contributed by atoms with Gasteiger partial charge in [0.05, 0.1) is 0 Å². The van der Waals surface area contributed by atoms with Crippen LogP contribution in [0.5, 0.6) is 0 Å². The van der Waals surface area contributed by atoms with Crippen molar-refractivity contribution in [2.75, 3.05) is 0 Å². The molecule has 5 unspecified atom stereocenters. The minimum atomic E-state index is 0.741. The zero-order valence-electron chi connectivity index (χ0n) is 13.1. The third-order valence-corrected chi connectivity index (χ3v) is 8.36. The van der Waals surface area contributed by atoms with Gasteiger partial charge in [0.2, 0.25) is 0 Å². The Morgan fingerprint density at radius 1 is 0.684 bits per heavy atom. The predicted octanol–water partition coefficient (Wildman–Crippen LogP) is 5.81. The van der Waals surface area contributed by atoms with Gasteiger partial charge in [-0.05, 0) is 85.9 Å². The molecule has 0 aliphatic heterocycles. The van der Waals surface area contributed by atoms with Crippen molar-refractivity contribution in [3.63, 3.8) is 0 Å². The lowest BCUT2D eigenvalue weighted by atomic mass is 9.45. The predicted molar refractivity (Wildman–Crippen MR) is 81.0 cm³/mol. The van der Waals surface area contributed by atoms with Gasteiger partial charge in [-0.15, -0.1) is 0 Å². The summed E-state index contributed by atoms with van der Waals surface area (Å²) >= 11 is 0. The van der Waals surface area contributed by atoms with Crippen molar-refractivity contribution in [1.29, 1.82) is 0 Å². The molecule has 6 atom stereocenters. The molecule has 4 aliphatic rings. The molecule has 0 saturated heterocycles. The van der Waals surface area contributed by atoms with Crippen molar-refractivity contribution >= 4 is 0 Å². The molecule has 4 saturated carbocycles. The summed E-state index contributed by atoms with van der Waals surface area (Å²) in [6, 6.07) is 0. The quantitative estimate of drug-likeness (QED) is 0.515. The summed E-state index contributed by atoms with van der Waals surface area (Å²) in [6.07, 6.45) is 17.1. The van der Waals surface area contributed by atoms with E-state index in [1.54, 1.807) is 51.4 Å². The SMILES string of the molecule is CC12CCCCC1CCC1C2CC[C@]2(C)CCCC12. The van der Waals surface area contributed by atoms with Gasteiger partial charge < -0.3 is 0 Å². The molecule has 0 aromatic heterocycles. The van der Waals surface area contributed by atoms with Crippen molar-refractivity contribution in [2.45, 2.75) is 84.5 Å². The summed E-state index contributed by atoms with van der Waals surface area (Å²) in [7, 11) is 0. The Morgan fingerprint density at radius 2 is 1.58 bits per heavy atom. The second kappa shape index (κ2) is 4.25. The number of hydrogen-bond donors (Lipinski definition) is 0. The van der Waals surface area contributed by atoms with Crippen LogP contribution in [0.1, 0.15) is 84.5 Å². The molecular formula is C19H32. The van der Waals surface area contributed by atoms with Gasteiger partial charge in [-0.3, -0.25) is 0 Å². The van der Waals surface area contributed by atoms with Crippen LogP contribution in [0.4, 0.5) is 0 Å². The molecule has 0 N–H and O–H groups in total. The van der Waals surface area contributed by atoms with Crippen LogP contribution < -0.4 is 0 Å². The Hall–Kier alpha value is 0. The number of rotatable bonds is 0. The highest BCUT2D eigenvalue weighted by atomic mass is 14.6. The summed E-state index contributed by atoms with van der Waals surface area (Å²) in [5, 5.41) is 0. The summed E-state index contributed by atoms with van der Waals surface area (Å²) in [5.41, 5.74) is 1.49. The minimum absolute atomic E-state index is 0.741. The van der Waals surface area contributed by atoms with Gasteiger partial charge in [0.15, 0.2) is 0 Å².